The molecule has 0 aromatic heterocycles. The summed E-state index contributed by atoms with van der Waals surface area (Å²) in [6.45, 7) is 0.285. The Balaban J connectivity index is 2.58. The lowest BCUT2D eigenvalue weighted by molar-refractivity contribution is -0.137. The molecule has 0 spiro atoms. The van der Waals surface area contributed by atoms with Crippen molar-refractivity contribution in [1.82, 2.24) is 5.32 Å². The summed E-state index contributed by atoms with van der Waals surface area (Å²) in [6, 6.07) is 2.82. The molecule has 23 heavy (non-hydrogen) atoms. The molecule has 0 saturated carbocycles. The number of carbonyl (C=O) groups is 2. The first-order valence-corrected chi connectivity index (χ1v) is 7.20. The Bertz CT molecular complexity index is 565. The zero-order chi connectivity index (χ0) is 17.5. The molecule has 0 saturated heterocycles. The number of hydrogen-bond donors (Lipinski definition) is 3. The van der Waals surface area contributed by atoms with E-state index in [9.17, 15) is 22.8 Å². The van der Waals surface area contributed by atoms with E-state index in [1.54, 1.807) is 0 Å². The molecule has 0 aliphatic carbocycles. The number of aliphatic hydroxyl groups excluding tert-OH is 1. The van der Waals surface area contributed by atoms with E-state index in [4.69, 9.17) is 16.7 Å². The van der Waals surface area contributed by atoms with Crippen LogP contribution in [0.5, 0.6) is 0 Å². The summed E-state index contributed by atoms with van der Waals surface area (Å²) in [5.74, 6) is -2.01. The van der Waals surface area contributed by atoms with E-state index in [0.29, 0.717) is 25.3 Å². The Hall–Kier alpha value is -1.80. The third kappa shape index (κ3) is 6.45. The maximum Gasteiger partial charge on any atom is 0.417 e. The van der Waals surface area contributed by atoms with Gasteiger partial charge in [-0.15, -0.1) is 0 Å². The van der Waals surface area contributed by atoms with Gasteiger partial charge in [-0.3, -0.25) is 9.59 Å². The van der Waals surface area contributed by atoms with Gasteiger partial charge < -0.3 is 15.7 Å². The molecule has 1 aromatic rings. The van der Waals surface area contributed by atoms with Gasteiger partial charge in [0.25, 0.3) is 0 Å². The van der Waals surface area contributed by atoms with Gasteiger partial charge in [-0.25, -0.2) is 0 Å². The summed E-state index contributed by atoms with van der Waals surface area (Å²) < 4.78 is 38.1. The number of alkyl halides is 3. The second-order valence-corrected chi connectivity index (χ2v) is 5.09. The van der Waals surface area contributed by atoms with Crippen molar-refractivity contribution >= 4 is 29.1 Å². The second kappa shape index (κ2) is 8.73. The van der Waals surface area contributed by atoms with E-state index in [0.717, 1.165) is 6.07 Å². The van der Waals surface area contributed by atoms with Crippen molar-refractivity contribution in [2.45, 2.75) is 25.4 Å². The number of benzene rings is 1. The van der Waals surface area contributed by atoms with Crippen molar-refractivity contribution in [3.05, 3.63) is 28.8 Å². The van der Waals surface area contributed by atoms with Crippen molar-refractivity contribution in [1.29, 1.82) is 0 Å². The van der Waals surface area contributed by atoms with Crippen LogP contribution in [0.15, 0.2) is 18.2 Å². The fourth-order valence-electron chi connectivity index (χ4n) is 1.70. The summed E-state index contributed by atoms with van der Waals surface area (Å²) in [5.41, 5.74) is -1.27. The summed E-state index contributed by atoms with van der Waals surface area (Å²) in [6.07, 6.45) is -2.80. The lowest BCUT2D eigenvalue weighted by atomic mass is 10.2. The lowest BCUT2D eigenvalue weighted by Gasteiger charge is -2.11. The molecule has 1 aromatic carbocycles. The monoisotopic (exact) mass is 352 g/mol. The van der Waals surface area contributed by atoms with Crippen LogP contribution in [0.3, 0.4) is 0 Å². The molecular weight excluding hydrogens is 337 g/mol. The minimum absolute atomic E-state index is 0.0482. The molecule has 0 unspecified atom stereocenters. The van der Waals surface area contributed by atoms with Crippen molar-refractivity contribution < 1.29 is 27.9 Å². The Morgan fingerprint density at radius 1 is 1.13 bits per heavy atom. The third-order valence-electron chi connectivity index (χ3n) is 2.86. The van der Waals surface area contributed by atoms with E-state index < -0.39 is 28.6 Å². The molecule has 0 bridgehead atoms. The molecule has 0 fully saturated rings. The fraction of sp³-hybridized carbons (Fsp3) is 0.429. The number of nitrogens with one attached hydrogen (secondary N) is 2. The summed E-state index contributed by atoms with van der Waals surface area (Å²) >= 11 is 5.46. The fourth-order valence-corrected chi connectivity index (χ4v) is 1.93. The molecule has 2 amide bonds. The second-order valence-electron chi connectivity index (χ2n) is 4.69. The van der Waals surface area contributed by atoms with Crippen LogP contribution >= 0.6 is 11.6 Å². The van der Waals surface area contributed by atoms with E-state index in [-0.39, 0.29) is 18.8 Å². The number of aliphatic hydroxyl groups is 1. The Morgan fingerprint density at radius 2 is 1.83 bits per heavy atom. The number of halogens is 4. The number of unbranched alkanes of at least 4 members (excludes halogenated alkanes) is 2. The normalized spacial score (nSPS) is 11.2. The van der Waals surface area contributed by atoms with Gasteiger partial charge in [-0.2, -0.15) is 13.2 Å². The van der Waals surface area contributed by atoms with Crippen molar-refractivity contribution in [3.63, 3.8) is 0 Å². The van der Waals surface area contributed by atoms with Gasteiger partial charge >= 0.3 is 18.0 Å². The highest BCUT2D eigenvalue weighted by atomic mass is 35.5. The SMILES string of the molecule is O=C(NCCCCCO)C(=O)Nc1ccc(Cl)c(C(F)(F)F)c1. The van der Waals surface area contributed by atoms with E-state index in [1.807, 2.05) is 0 Å². The molecule has 9 heteroatoms. The number of anilines is 1. The molecule has 1 rings (SSSR count). The van der Waals surface area contributed by atoms with Crippen LogP contribution < -0.4 is 10.6 Å². The average Bonchev–Trinajstić information content (AvgIpc) is 2.47. The predicted octanol–water partition coefficient (Wildman–Crippen LogP) is 2.58. The minimum atomic E-state index is -4.66. The van der Waals surface area contributed by atoms with Crippen LogP contribution in [0.4, 0.5) is 18.9 Å². The van der Waals surface area contributed by atoms with E-state index in [1.165, 1.54) is 6.07 Å². The van der Waals surface area contributed by atoms with Crippen LogP contribution in [0.25, 0.3) is 0 Å². The van der Waals surface area contributed by atoms with Crippen LogP contribution in [-0.4, -0.2) is 30.1 Å². The van der Waals surface area contributed by atoms with E-state index >= 15 is 0 Å². The number of amides is 2. The highest BCUT2D eigenvalue weighted by molar-refractivity contribution is 6.39. The Kier molecular flexibility index (Phi) is 7.31. The highest BCUT2D eigenvalue weighted by Crippen LogP contribution is 2.36. The molecule has 0 atom stereocenters. The van der Waals surface area contributed by atoms with Crippen molar-refractivity contribution in [3.8, 4) is 0 Å². The third-order valence-corrected chi connectivity index (χ3v) is 3.19. The van der Waals surface area contributed by atoms with Crippen LogP contribution in [0.1, 0.15) is 24.8 Å². The van der Waals surface area contributed by atoms with Gasteiger partial charge in [0.1, 0.15) is 0 Å². The van der Waals surface area contributed by atoms with Gasteiger partial charge in [0, 0.05) is 18.8 Å². The molecule has 0 aliphatic heterocycles. The Morgan fingerprint density at radius 3 is 2.43 bits per heavy atom. The number of carbonyl (C=O) groups excluding carboxylic acids is 2. The number of hydrogen-bond acceptors (Lipinski definition) is 3. The van der Waals surface area contributed by atoms with Gasteiger partial charge in [-0.05, 0) is 37.5 Å². The lowest BCUT2D eigenvalue weighted by Crippen LogP contribution is -2.35. The summed E-state index contributed by atoms with van der Waals surface area (Å²) in [5, 5.41) is 12.5. The van der Waals surface area contributed by atoms with Gasteiger partial charge in [0.05, 0.1) is 10.6 Å². The minimum Gasteiger partial charge on any atom is -0.396 e. The zero-order valence-electron chi connectivity index (χ0n) is 12.0. The summed E-state index contributed by atoms with van der Waals surface area (Å²) in [4.78, 5) is 23.1. The van der Waals surface area contributed by atoms with Crippen LogP contribution in [0.2, 0.25) is 5.02 Å². The molecule has 0 aliphatic rings. The molecule has 0 heterocycles. The predicted molar refractivity (Wildman–Crippen MR) is 79.0 cm³/mol. The van der Waals surface area contributed by atoms with Gasteiger partial charge in [0.15, 0.2) is 0 Å². The largest absolute Gasteiger partial charge is 0.417 e. The highest BCUT2D eigenvalue weighted by Gasteiger charge is 2.33. The van der Waals surface area contributed by atoms with Crippen molar-refractivity contribution in [2.75, 3.05) is 18.5 Å². The van der Waals surface area contributed by atoms with Gasteiger partial charge in [0.2, 0.25) is 0 Å². The van der Waals surface area contributed by atoms with Crippen LogP contribution in [-0.2, 0) is 15.8 Å². The molecule has 3 N–H and O–H groups in total. The first-order chi connectivity index (χ1) is 10.8. The Labute approximate surface area is 135 Å². The number of rotatable bonds is 6. The molecule has 5 nitrogen and oxygen atoms in total. The topological polar surface area (TPSA) is 78.4 Å². The standard InChI is InChI=1S/C14H16ClF3N2O3/c15-11-5-4-9(8-10(11)14(16,17)18)20-13(23)12(22)19-6-2-1-3-7-21/h4-5,8,21H,1-3,6-7H2,(H,19,22)(H,20,23). The first-order valence-electron chi connectivity index (χ1n) is 6.82. The molecular formula is C14H16ClF3N2O3. The quantitative estimate of drug-likeness (QED) is 0.544. The first kappa shape index (κ1) is 19.2. The maximum atomic E-state index is 12.7. The van der Waals surface area contributed by atoms with Gasteiger partial charge in [-0.1, -0.05) is 11.6 Å². The maximum absolute atomic E-state index is 12.7. The smallest absolute Gasteiger partial charge is 0.396 e. The molecule has 0 radical (unpaired) electrons. The average molecular weight is 353 g/mol. The molecule has 128 valence electrons. The zero-order valence-corrected chi connectivity index (χ0v) is 12.8. The van der Waals surface area contributed by atoms with Crippen LogP contribution in [0, 0.1) is 0 Å². The van der Waals surface area contributed by atoms with E-state index in [2.05, 4.69) is 10.6 Å². The summed E-state index contributed by atoms with van der Waals surface area (Å²) in [7, 11) is 0. The van der Waals surface area contributed by atoms with Crippen molar-refractivity contribution in [2.24, 2.45) is 0 Å².